The predicted octanol–water partition coefficient (Wildman–Crippen LogP) is 5.14. The minimum atomic E-state index is -3.87. The summed E-state index contributed by atoms with van der Waals surface area (Å²) in [5.74, 6) is 0.846. The van der Waals surface area contributed by atoms with Crippen molar-refractivity contribution >= 4 is 50.0 Å². The number of halogens is 1. The first-order valence-corrected chi connectivity index (χ1v) is 11.2. The van der Waals surface area contributed by atoms with E-state index in [9.17, 15) is 8.42 Å². The Kier molecular flexibility index (Phi) is 5.67. The van der Waals surface area contributed by atoms with Crippen LogP contribution in [0, 0.1) is 6.92 Å². The maximum atomic E-state index is 12.9. The van der Waals surface area contributed by atoms with Crippen LogP contribution in [0.4, 0.5) is 17.3 Å². The van der Waals surface area contributed by atoms with Gasteiger partial charge >= 0.3 is 0 Å². The molecule has 158 valence electrons. The molecule has 0 saturated carbocycles. The highest BCUT2D eigenvalue weighted by molar-refractivity contribution is 7.92. The zero-order valence-electron chi connectivity index (χ0n) is 16.8. The van der Waals surface area contributed by atoms with E-state index in [0.29, 0.717) is 27.5 Å². The van der Waals surface area contributed by atoms with Crippen LogP contribution >= 0.6 is 11.6 Å². The Morgan fingerprint density at radius 3 is 2.16 bits per heavy atom. The van der Waals surface area contributed by atoms with Crippen molar-refractivity contribution in [2.24, 2.45) is 0 Å². The quantitative estimate of drug-likeness (QED) is 0.418. The number of benzene rings is 3. The molecule has 0 fully saturated rings. The van der Waals surface area contributed by atoms with Crippen molar-refractivity contribution in [3.05, 3.63) is 77.3 Å². The molecule has 0 aliphatic carbocycles. The Bertz CT molecular complexity index is 1360. The molecule has 0 bridgehead atoms. The molecule has 0 unspecified atom stereocenters. The van der Waals surface area contributed by atoms with Crippen molar-refractivity contribution in [2.75, 3.05) is 17.1 Å². The number of hydrogen-bond donors (Lipinski definition) is 2. The van der Waals surface area contributed by atoms with E-state index in [1.165, 1.54) is 7.11 Å². The number of nitrogens with one attached hydrogen (secondary N) is 2. The second kappa shape index (κ2) is 8.41. The minimum Gasteiger partial charge on any atom is -0.495 e. The molecule has 0 atom stereocenters. The zero-order valence-corrected chi connectivity index (χ0v) is 18.3. The van der Waals surface area contributed by atoms with Gasteiger partial charge < -0.3 is 10.1 Å². The number of nitrogens with zero attached hydrogens (tertiary/aromatic N) is 2. The molecule has 4 rings (SSSR count). The monoisotopic (exact) mass is 454 g/mol. The molecule has 4 aromatic rings. The number of aromatic nitrogens is 2. The Morgan fingerprint density at radius 1 is 0.903 bits per heavy atom. The van der Waals surface area contributed by atoms with E-state index in [1.54, 1.807) is 54.6 Å². The van der Waals surface area contributed by atoms with Gasteiger partial charge in [-0.1, -0.05) is 41.4 Å². The fourth-order valence-electron chi connectivity index (χ4n) is 2.94. The molecular formula is C22H19ClN4O3S. The van der Waals surface area contributed by atoms with Crippen molar-refractivity contribution in [1.82, 2.24) is 9.97 Å². The maximum Gasteiger partial charge on any atom is 0.263 e. The third kappa shape index (κ3) is 4.55. The van der Waals surface area contributed by atoms with Gasteiger partial charge in [-0.2, -0.15) is 0 Å². The first-order valence-electron chi connectivity index (χ1n) is 9.32. The van der Waals surface area contributed by atoms with E-state index >= 15 is 0 Å². The number of para-hydroxylation sites is 2. The lowest BCUT2D eigenvalue weighted by atomic mass is 10.2. The molecule has 0 saturated heterocycles. The second-order valence-corrected chi connectivity index (χ2v) is 8.89. The number of fused-ring (bicyclic) bond motifs is 1. The molecule has 3 aromatic carbocycles. The number of hydrogen-bond acceptors (Lipinski definition) is 6. The molecular weight excluding hydrogens is 436 g/mol. The lowest BCUT2D eigenvalue weighted by molar-refractivity contribution is 0.415. The van der Waals surface area contributed by atoms with Crippen LogP contribution in [0.3, 0.4) is 0 Å². The SMILES string of the molecule is COc1ccc(Nc2nc3ccccc3nc2NS(=O)(=O)c2ccc(C)cc2)cc1Cl. The van der Waals surface area contributed by atoms with Gasteiger partial charge in [0.05, 0.1) is 28.1 Å². The van der Waals surface area contributed by atoms with E-state index in [4.69, 9.17) is 16.3 Å². The van der Waals surface area contributed by atoms with Crippen LogP contribution in [0.5, 0.6) is 5.75 Å². The normalized spacial score (nSPS) is 11.3. The summed E-state index contributed by atoms with van der Waals surface area (Å²) in [7, 11) is -2.34. The second-order valence-electron chi connectivity index (χ2n) is 6.80. The molecule has 9 heteroatoms. The topological polar surface area (TPSA) is 93.2 Å². The average Bonchev–Trinajstić information content (AvgIpc) is 2.74. The smallest absolute Gasteiger partial charge is 0.263 e. The summed E-state index contributed by atoms with van der Waals surface area (Å²) < 4.78 is 33.6. The number of anilines is 3. The van der Waals surface area contributed by atoms with Crippen LogP contribution in [-0.4, -0.2) is 25.5 Å². The van der Waals surface area contributed by atoms with Gasteiger partial charge in [-0.15, -0.1) is 0 Å². The highest BCUT2D eigenvalue weighted by Crippen LogP contribution is 2.31. The van der Waals surface area contributed by atoms with Crippen molar-refractivity contribution < 1.29 is 13.2 Å². The Balaban J connectivity index is 1.76. The largest absolute Gasteiger partial charge is 0.495 e. The molecule has 1 aromatic heterocycles. The number of rotatable bonds is 6. The third-order valence-electron chi connectivity index (χ3n) is 4.55. The summed E-state index contributed by atoms with van der Waals surface area (Å²) >= 11 is 6.22. The van der Waals surface area contributed by atoms with Crippen LogP contribution in [0.25, 0.3) is 11.0 Å². The summed E-state index contributed by atoms with van der Waals surface area (Å²) in [6.45, 7) is 1.89. The number of aryl methyl sites for hydroxylation is 1. The van der Waals surface area contributed by atoms with Crippen LogP contribution in [0.1, 0.15) is 5.56 Å². The van der Waals surface area contributed by atoms with Crippen molar-refractivity contribution in [1.29, 1.82) is 0 Å². The van der Waals surface area contributed by atoms with Crippen LogP contribution in [0.2, 0.25) is 5.02 Å². The molecule has 1 heterocycles. The van der Waals surface area contributed by atoms with Gasteiger partial charge in [-0.25, -0.2) is 18.4 Å². The minimum absolute atomic E-state index is 0.0752. The molecule has 0 amide bonds. The van der Waals surface area contributed by atoms with E-state index in [0.717, 1.165) is 5.56 Å². The van der Waals surface area contributed by atoms with E-state index in [2.05, 4.69) is 20.0 Å². The van der Waals surface area contributed by atoms with E-state index < -0.39 is 10.0 Å². The van der Waals surface area contributed by atoms with Crippen LogP contribution in [0.15, 0.2) is 71.6 Å². The van der Waals surface area contributed by atoms with Gasteiger partial charge in [0, 0.05) is 5.69 Å². The first kappa shape index (κ1) is 20.9. The number of ether oxygens (including phenoxy) is 1. The van der Waals surface area contributed by atoms with Gasteiger partial charge in [-0.3, -0.25) is 4.72 Å². The molecule has 7 nitrogen and oxygen atoms in total. The fourth-order valence-corrected chi connectivity index (χ4v) is 4.21. The fraction of sp³-hybridized carbons (Fsp3) is 0.0909. The van der Waals surface area contributed by atoms with Gasteiger partial charge in [0.1, 0.15) is 5.75 Å². The lowest BCUT2D eigenvalue weighted by Crippen LogP contribution is -2.16. The molecule has 0 spiro atoms. The highest BCUT2D eigenvalue weighted by atomic mass is 35.5. The highest BCUT2D eigenvalue weighted by Gasteiger charge is 2.19. The molecule has 31 heavy (non-hydrogen) atoms. The number of sulfonamides is 1. The number of methoxy groups -OCH3 is 1. The summed E-state index contributed by atoms with van der Waals surface area (Å²) in [6, 6.07) is 18.9. The molecule has 2 N–H and O–H groups in total. The molecule has 0 aliphatic rings. The predicted molar refractivity (Wildman–Crippen MR) is 123 cm³/mol. The first-order chi connectivity index (χ1) is 14.9. The van der Waals surface area contributed by atoms with Gasteiger partial charge in [0.15, 0.2) is 11.6 Å². The van der Waals surface area contributed by atoms with Crippen LogP contribution < -0.4 is 14.8 Å². The van der Waals surface area contributed by atoms with Crippen molar-refractivity contribution in [3.63, 3.8) is 0 Å². The summed E-state index contributed by atoms with van der Waals surface area (Å²) in [5.41, 5.74) is 2.74. The standard InChI is InChI=1S/C22H19ClN4O3S/c1-14-7-10-16(11-8-14)31(28,29)27-22-21(25-18-5-3-4-6-19(18)26-22)24-15-9-12-20(30-2)17(23)13-15/h3-13H,1-2H3,(H,24,25)(H,26,27). The summed E-state index contributed by atoms with van der Waals surface area (Å²) in [6.07, 6.45) is 0. The van der Waals surface area contributed by atoms with Crippen LogP contribution in [-0.2, 0) is 10.0 Å². The third-order valence-corrected chi connectivity index (χ3v) is 6.20. The molecule has 0 radical (unpaired) electrons. The Hall–Kier alpha value is -3.36. The van der Waals surface area contributed by atoms with E-state index in [1.807, 2.05) is 19.1 Å². The zero-order chi connectivity index (χ0) is 22.0. The summed E-state index contributed by atoms with van der Waals surface area (Å²) in [5, 5.41) is 3.51. The Morgan fingerprint density at radius 2 is 1.55 bits per heavy atom. The van der Waals surface area contributed by atoms with Crippen molar-refractivity contribution in [2.45, 2.75) is 11.8 Å². The van der Waals surface area contributed by atoms with Crippen molar-refractivity contribution in [3.8, 4) is 5.75 Å². The van der Waals surface area contributed by atoms with Gasteiger partial charge in [0.25, 0.3) is 10.0 Å². The lowest BCUT2D eigenvalue weighted by Gasteiger charge is -2.14. The van der Waals surface area contributed by atoms with Gasteiger partial charge in [-0.05, 0) is 49.4 Å². The maximum absolute atomic E-state index is 12.9. The Labute approximate surface area is 185 Å². The van der Waals surface area contributed by atoms with Gasteiger partial charge in [0.2, 0.25) is 0 Å². The average molecular weight is 455 g/mol. The summed E-state index contributed by atoms with van der Waals surface area (Å²) in [4.78, 5) is 9.17. The van der Waals surface area contributed by atoms with E-state index in [-0.39, 0.29) is 16.5 Å². The molecule has 0 aliphatic heterocycles.